The Labute approximate surface area is 147 Å². The summed E-state index contributed by atoms with van der Waals surface area (Å²) in [4.78, 5) is 15.5. The summed E-state index contributed by atoms with van der Waals surface area (Å²) in [7, 11) is 2.16. The summed E-state index contributed by atoms with van der Waals surface area (Å²) < 4.78 is 12.9. The Kier molecular flexibility index (Phi) is 2.86. The molecule has 1 spiro atoms. The Hall–Kier alpha value is -1.59. The number of benzene rings is 1. The van der Waals surface area contributed by atoms with Crippen molar-refractivity contribution in [3.63, 3.8) is 0 Å². The lowest BCUT2D eigenvalue weighted by molar-refractivity contribution is -0.226. The molecule has 1 aromatic carbocycles. The molecule has 0 aromatic heterocycles. The normalized spacial score (nSPS) is 41.4. The lowest BCUT2D eigenvalue weighted by Crippen LogP contribution is -2.80. The van der Waals surface area contributed by atoms with E-state index < -0.39 is 16.6 Å². The van der Waals surface area contributed by atoms with E-state index in [0.29, 0.717) is 18.8 Å². The van der Waals surface area contributed by atoms with Gasteiger partial charge >= 0.3 is 0 Å². The molecule has 2 heterocycles. The molecule has 0 amide bonds. The number of likely N-dealkylation sites (tertiary alicyclic amines) is 1. The number of ketones is 1. The van der Waals surface area contributed by atoms with E-state index >= 15 is 0 Å². The minimum atomic E-state index is -0.962. The highest BCUT2D eigenvalue weighted by Crippen LogP contribution is 2.69. The summed E-state index contributed by atoms with van der Waals surface area (Å²) in [5, 5.41) is 10.5. The van der Waals surface area contributed by atoms with E-state index in [0.717, 1.165) is 31.4 Å². The molecule has 5 rings (SSSR count). The van der Waals surface area contributed by atoms with Gasteiger partial charge in [-0.25, -0.2) is 0 Å². The predicted molar refractivity (Wildman–Crippen MR) is 92.2 cm³/mol. The first kappa shape index (κ1) is 15.6. The topological polar surface area (TPSA) is 59.0 Å². The number of hydrogen-bond donors (Lipinski definition) is 1. The van der Waals surface area contributed by atoms with E-state index in [1.807, 2.05) is 19.9 Å². The number of phenols is 1. The lowest BCUT2D eigenvalue weighted by atomic mass is 9.45. The summed E-state index contributed by atoms with van der Waals surface area (Å²) in [6.45, 7) is 5.48. The molecular weight excluding hydrogens is 318 g/mol. The number of aromatic hydroxyl groups is 1. The van der Waals surface area contributed by atoms with Crippen LogP contribution in [-0.4, -0.2) is 53.2 Å². The molecule has 1 aromatic rings. The number of piperidine rings is 1. The number of rotatable bonds is 2. The number of ether oxygens (including phenoxy) is 2. The Morgan fingerprint density at radius 2 is 2.20 bits per heavy atom. The van der Waals surface area contributed by atoms with Crippen LogP contribution in [0.5, 0.6) is 11.5 Å². The second kappa shape index (κ2) is 4.57. The quantitative estimate of drug-likeness (QED) is 0.892. The smallest absolute Gasteiger partial charge is 0.177 e. The van der Waals surface area contributed by atoms with Gasteiger partial charge in [0.1, 0.15) is 0 Å². The SMILES string of the molecule is CCOC12CCC(=O)[C@@]3(C)Oc4c(O)ccc5c4C13CCN(C)[C@@H]2C5. The maximum absolute atomic E-state index is 13.1. The van der Waals surface area contributed by atoms with Crippen molar-refractivity contribution in [2.75, 3.05) is 20.2 Å². The number of Topliss-reactive ketones (excluding diaryl/α,β-unsaturated/α-hetero) is 1. The third-order valence-corrected chi connectivity index (χ3v) is 7.47. The van der Waals surface area contributed by atoms with Gasteiger partial charge in [0.2, 0.25) is 0 Å². The fourth-order valence-electron chi connectivity index (χ4n) is 6.51. The number of carbonyl (C=O) groups excluding carboxylic acids is 1. The lowest BCUT2D eigenvalue weighted by Gasteiger charge is -2.66. The fraction of sp³-hybridized carbons (Fsp3) is 0.650. The summed E-state index contributed by atoms with van der Waals surface area (Å²) in [6, 6.07) is 3.94. The van der Waals surface area contributed by atoms with E-state index in [4.69, 9.17) is 9.47 Å². The van der Waals surface area contributed by atoms with Crippen LogP contribution in [0.1, 0.15) is 44.2 Å². The van der Waals surface area contributed by atoms with Crippen molar-refractivity contribution in [2.45, 2.75) is 62.2 Å². The van der Waals surface area contributed by atoms with Crippen molar-refractivity contribution in [1.29, 1.82) is 0 Å². The van der Waals surface area contributed by atoms with E-state index in [-0.39, 0.29) is 17.6 Å². The van der Waals surface area contributed by atoms with Gasteiger partial charge in [-0.1, -0.05) is 6.07 Å². The molecule has 2 fully saturated rings. The molecule has 5 heteroatoms. The average molecular weight is 343 g/mol. The summed E-state index contributed by atoms with van der Waals surface area (Å²) in [5.41, 5.74) is 0.322. The van der Waals surface area contributed by atoms with Crippen molar-refractivity contribution < 1.29 is 19.4 Å². The third kappa shape index (κ3) is 1.44. The van der Waals surface area contributed by atoms with Crippen molar-refractivity contribution in [3.8, 4) is 11.5 Å². The molecule has 1 saturated carbocycles. The van der Waals surface area contributed by atoms with Gasteiger partial charge in [-0.15, -0.1) is 0 Å². The highest BCUT2D eigenvalue weighted by atomic mass is 16.5. The second-order valence-electron chi connectivity index (χ2n) is 8.18. The first-order valence-electron chi connectivity index (χ1n) is 9.33. The average Bonchev–Trinajstić information content (AvgIpc) is 2.87. The van der Waals surface area contributed by atoms with Crippen LogP contribution in [0.3, 0.4) is 0 Å². The van der Waals surface area contributed by atoms with Crippen LogP contribution in [0.4, 0.5) is 0 Å². The molecule has 2 aliphatic carbocycles. The number of phenolic OH excluding ortho intramolecular Hbond substituents is 1. The van der Waals surface area contributed by atoms with Gasteiger partial charge in [0.25, 0.3) is 0 Å². The molecule has 0 radical (unpaired) electrons. The molecule has 1 saturated heterocycles. The molecule has 134 valence electrons. The van der Waals surface area contributed by atoms with Gasteiger partial charge in [-0.05, 0) is 58.3 Å². The zero-order chi connectivity index (χ0) is 17.6. The van der Waals surface area contributed by atoms with Crippen molar-refractivity contribution >= 4 is 5.78 Å². The van der Waals surface area contributed by atoms with Crippen LogP contribution in [-0.2, 0) is 21.4 Å². The third-order valence-electron chi connectivity index (χ3n) is 7.47. The van der Waals surface area contributed by atoms with E-state index in [1.165, 1.54) is 5.56 Å². The fourth-order valence-corrected chi connectivity index (χ4v) is 6.51. The first-order chi connectivity index (χ1) is 11.9. The highest BCUT2D eigenvalue weighted by molar-refractivity contribution is 5.94. The number of carbonyl (C=O) groups is 1. The highest BCUT2D eigenvalue weighted by Gasteiger charge is 2.78. The van der Waals surface area contributed by atoms with Gasteiger partial charge < -0.3 is 19.5 Å². The maximum atomic E-state index is 13.1. The van der Waals surface area contributed by atoms with Crippen molar-refractivity contribution in [1.82, 2.24) is 4.90 Å². The number of likely N-dealkylation sites (N-methyl/N-ethyl adjacent to an activating group) is 1. The van der Waals surface area contributed by atoms with Crippen molar-refractivity contribution in [2.24, 2.45) is 0 Å². The van der Waals surface area contributed by atoms with E-state index in [2.05, 4.69) is 11.9 Å². The molecule has 4 atom stereocenters. The zero-order valence-corrected chi connectivity index (χ0v) is 15.1. The minimum Gasteiger partial charge on any atom is -0.504 e. The van der Waals surface area contributed by atoms with Gasteiger partial charge in [-0.2, -0.15) is 0 Å². The van der Waals surface area contributed by atoms with E-state index in [9.17, 15) is 9.90 Å². The second-order valence-corrected chi connectivity index (χ2v) is 8.18. The molecule has 25 heavy (non-hydrogen) atoms. The molecule has 5 nitrogen and oxygen atoms in total. The standard InChI is InChI=1S/C20H25NO4/c1-4-24-20-8-7-15(23)18(2)19(20)9-10-21(3)14(20)11-12-5-6-13(22)17(25-18)16(12)19/h5-6,14,22H,4,7-11H2,1-3H3/t14-,18-,19?,20?/m1/s1. The van der Waals surface area contributed by atoms with Crippen LogP contribution >= 0.6 is 0 Å². The molecular formula is C20H25NO4. The summed E-state index contributed by atoms with van der Waals surface area (Å²) in [5.74, 6) is 0.788. The van der Waals surface area contributed by atoms with Crippen molar-refractivity contribution in [3.05, 3.63) is 23.3 Å². The predicted octanol–water partition coefficient (Wildman–Crippen LogP) is 2.18. The minimum absolute atomic E-state index is 0.134. The molecule has 2 aliphatic heterocycles. The van der Waals surface area contributed by atoms with Crippen LogP contribution in [0.15, 0.2) is 12.1 Å². The van der Waals surface area contributed by atoms with Gasteiger partial charge in [-0.3, -0.25) is 4.79 Å². The van der Waals surface area contributed by atoms with Crippen LogP contribution in [0.2, 0.25) is 0 Å². The maximum Gasteiger partial charge on any atom is 0.177 e. The molecule has 2 unspecified atom stereocenters. The Bertz CT molecular complexity index is 792. The van der Waals surface area contributed by atoms with Gasteiger partial charge in [0.05, 0.1) is 11.0 Å². The van der Waals surface area contributed by atoms with Crippen LogP contribution in [0, 0.1) is 0 Å². The van der Waals surface area contributed by atoms with Gasteiger partial charge in [0, 0.05) is 24.6 Å². The molecule has 4 aliphatic rings. The van der Waals surface area contributed by atoms with Crippen LogP contribution in [0.25, 0.3) is 0 Å². The molecule has 1 N–H and O–H groups in total. The Morgan fingerprint density at radius 1 is 1.40 bits per heavy atom. The Morgan fingerprint density at radius 3 is 2.96 bits per heavy atom. The number of nitrogens with zero attached hydrogens (tertiary/aromatic N) is 1. The number of hydrogen-bond acceptors (Lipinski definition) is 5. The summed E-state index contributed by atoms with van der Waals surface area (Å²) in [6.07, 6.45) is 2.87. The van der Waals surface area contributed by atoms with Gasteiger partial charge in [0.15, 0.2) is 22.9 Å². The monoisotopic (exact) mass is 343 g/mol. The Balaban J connectivity index is 1.90. The van der Waals surface area contributed by atoms with E-state index in [1.54, 1.807) is 6.07 Å². The van der Waals surface area contributed by atoms with Crippen LogP contribution < -0.4 is 4.74 Å². The zero-order valence-electron chi connectivity index (χ0n) is 15.1. The first-order valence-corrected chi connectivity index (χ1v) is 9.33. The summed E-state index contributed by atoms with van der Waals surface area (Å²) >= 11 is 0. The largest absolute Gasteiger partial charge is 0.504 e. The molecule has 2 bridgehead atoms.